The van der Waals surface area contributed by atoms with Crippen molar-refractivity contribution >= 4 is 23.7 Å². The normalized spacial score (nSPS) is 10.5. The van der Waals surface area contributed by atoms with Crippen LogP contribution in [0.3, 0.4) is 0 Å². The quantitative estimate of drug-likeness (QED) is 0.799. The highest BCUT2D eigenvalue weighted by Crippen LogP contribution is 2.27. The second-order valence-electron chi connectivity index (χ2n) is 3.68. The summed E-state index contributed by atoms with van der Waals surface area (Å²) in [6.45, 7) is 0. The minimum atomic E-state index is -1.02. The predicted octanol–water partition coefficient (Wildman–Crippen LogP) is 1.17. The highest BCUT2D eigenvalue weighted by Gasteiger charge is 2.17. The Morgan fingerprint density at radius 2 is 2.30 bits per heavy atom. The molecule has 1 aromatic carbocycles. The first-order valence-corrected chi connectivity index (χ1v) is 6.41. The van der Waals surface area contributed by atoms with Crippen molar-refractivity contribution in [3.63, 3.8) is 0 Å². The van der Waals surface area contributed by atoms with Crippen molar-refractivity contribution in [3.8, 4) is 11.4 Å². The first kappa shape index (κ1) is 14.1. The molecule has 0 bridgehead atoms. The second-order valence-corrected chi connectivity index (χ2v) is 4.62. The molecule has 1 aromatic heterocycles. The molecule has 20 heavy (non-hydrogen) atoms. The molecule has 7 nitrogen and oxygen atoms in total. The lowest BCUT2D eigenvalue weighted by Gasteiger charge is -2.10. The van der Waals surface area contributed by atoms with Crippen molar-refractivity contribution in [2.24, 2.45) is 0 Å². The van der Waals surface area contributed by atoms with E-state index in [4.69, 9.17) is 15.6 Å². The average molecular weight is 298 g/mol. The van der Waals surface area contributed by atoms with Crippen LogP contribution in [0.5, 0.6) is 5.75 Å². The van der Waals surface area contributed by atoms with Crippen LogP contribution < -0.4 is 10.5 Å². The number of rotatable bonds is 5. The van der Waals surface area contributed by atoms with E-state index in [2.05, 4.69) is 10.2 Å². The molecule has 0 aliphatic carbocycles. The lowest BCUT2D eigenvalue weighted by molar-refractivity contribution is -0.133. The summed E-state index contributed by atoms with van der Waals surface area (Å²) in [7, 11) is 1.45. The number of carboxylic acids is 1. The molecule has 106 valence electrons. The van der Waals surface area contributed by atoms with Crippen LogP contribution in [0, 0.1) is 5.82 Å². The molecule has 0 radical (unpaired) electrons. The average Bonchev–Trinajstić information content (AvgIpc) is 2.78. The Morgan fingerprint density at radius 3 is 2.95 bits per heavy atom. The summed E-state index contributed by atoms with van der Waals surface area (Å²) < 4.78 is 20.2. The van der Waals surface area contributed by atoms with Crippen LogP contribution in [0.1, 0.15) is 0 Å². The molecule has 0 amide bonds. The van der Waals surface area contributed by atoms with Gasteiger partial charge in [0, 0.05) is 6.07 Å². The molecule has 0 saturated carbocycles. The molecule has 3 N–H and O–H groups in total. The van der Waals surface area contributed by atoms with Gasteiger partial charge in [0.05, 0.1) is 18.6 Å². The van der Waals surface area contributed by atoms with Gasteiger partial charge in [-0.3, -0.25) is 9.36 Å². The molecule has 2 rings (SSSR count). The van der Waals surface area contributed by atoms with Gasteiger partial charge in [0.15, 0.2) is 5.16 Å². The van der Waals surface area contributed by atoms with E-state index in [0.717, 1.165) is 11.8 Å². The SMILES string of the molecule is COc1ccc(F)c(-n2c(N)nnc2SCC(=O)O)c1. The first-order valence-electron chi connectivity index (χ1n) is 5.42. The largest absolute Gasteiger partial charge is 0.497 e. The number of methoxy groups -OCH3 is 1. The van der Waals surface area contributed by atoms with E-state index in [1.165, 1.54) is 29.9 Å². The van der Waals surface area contributed by atoms with Crippen molar-refractivity contribution < 1.29 is 19.0 Å². The van der Waals surface area contributed by atoms with Gasteiger partial charge >= 0.3 is 5.97 Å². The van der Waals surface area contributed by atoms with E-state index < -0.39 is 11.8 Å². The number of carboxylic acid groups (broad SMARTS) is 1. The van der Waals surface area contributed by atoms with Crippen molar-refractivity contribution in [1.82, 2.24) is 14.8 Å². The highest BCUT2D eigenvalue weighted by molar-refractivity contribution is 7.99. The Kier molecular flexibility index (Phi) is 4.08. The zero-order valence-electron chi connectivity index (χ0n) is 10.4. The molecule has 0 fully saturated rings. The van der Waals surface area contributed by atoms with Gasteiger partial charge in [0.25, 0.3) is 0 Å². The number of nitrogens with two attached hydrogens (primary N) is 1. The van der Waals surface area contributed by atoms with E-state index in [9.17, 15) is 9.18 Å². The molecule has 1 heterocycles. The molecule has 0 aliphatic rings. The third-order valence-corrected chi connectivity index (χ3v) is 3.29. The Bertz CT molecular complexity index is 647. The molecule has 9 heteroatoms. The number of halogens is 1. The molecule has 0 spiro atoms. The maximum atomic E-state index is 13.9. The van der Waals surface area contributed by atoms with Crippen LogP contribution in [0.25, 0.3) is 5.69 Å². The van der Waals surface area contributed by atoms with Crippen molar-refractivity contribution in [3.05, 3.63) is 24.0 Å². The minimum absolute atomic E-state index is 0.0370. The van der Waals surface area contributed by atoms with Crippen LogP contribution in [0.4, 0.5) is 10.3 Å². The number of nitrogens with zero attached hydrogens (tertiary/aromatic N) is 3. The maximum Gasteiger partial charge on any atom is 0.313 e. The lowest BCUT2D eigenvalue weighted by Crippen LogP contribution is -2.06. The monoisotopic (exact) mass is 298 g/mol. The summed E-state index contributed by atoms with van der Waals surface area (Å²) in [5.74, 6) is -1.40. The number of aromatic nitrogens is 3. The standard InChI is InChI=1S/C11H11FN4O3S/c1-19-6-2-3-7(12)8(4-6)16-10(13)14-15-11(16)20-5-9(17)18/h2-4H,5H2,1H3,(H2,13,14)(H,17,18). The Labute approximate surface area is 117 Å². The van der Waals surface area contributed by atoms with E-state index in [1.54, 1.807) is 0 Å². The fourth-order valence-electron chi connectivity index (χ4n) is 1.52. The maximum absolute atomic E-state index is 13.9. The van der Waals surface area contributed by atoms with Crippen LogP contribution in [-0.2, 0) is 4.79 Å². The van der Waals surface area contributed by atoms with Gasteiger partial charge in [-0.2, -0.15) is 0 Å². The molecule has 0 saturated heterocycles. The summed E-state index contributed by atoms with van der Waals surface area (Å²) in [5.41, 5.74) is 5.76. The topological polar surface area (TPSA) is 103 Å². The van der Waals surface area contributed by atoms with Gasteiger partial charge in [0.1, 0.15) is 11.6 Å². The third kappa shape index (κ3) is 2.82. The molecule has 0 atom stereocenters. The van der Waals surface area contributed by atoms with Gasteiger partial charge in [-0.25, -0.2) is 4.39 Å². The molecular weight excluding hydrogens is 287 g/mol. The second kappa shape index (κ2) is 5.78. The first-order chi connectivity index (χ1) is 9.52. The number of thioether (sulfide) groups is 1. The summed E-state index contributed by atoms with van der Waals surface area (Å²) in [6.07, 6.45) is 0. The number of nitrogen functional groups attached to an aromatic ring is 1. The smallest absolute Gasteiger partial charge is 0.313 e. The van der Waals surface area contributed by atoms with Crippen LogP contribution >= 0.6 is 11.8 Å². The molecule has 2 aromatic rings. The third-order valence-electron chi connectivity index (χ3n) is 2.38. The number of ether oxygens (including phenoxy) is 1. The molecule has 0 unspecified atom stereocenters. The fourth-order valence-corrected chi connectivity index (χ4v) is 2.19. The summed E-state index contributed by atoms with van der Waals surface area (Å²) in [4.78, 5) is 10.6. The minimum Gasteiger partial charge on any atom is -0.497 e. The summed E-state index contributed by atoms with van der Waals surface area (Å²) >= 11 is 0.895. The number of carbonyl (C=O) groups is 1. The van der Waals surface area contributed by atoms with Crippen molar-refractivity contribution in [2.45, 2.75) is 5.16 Å². The zero-order chi connectivity index (χ0) is 14.7. The predicted molar refractivity (Wildman–Crippen MR) is 70.6 cm³/mol. The van der Waals surface area contributed by atoms with Gasteiger partial charge in [-0.1, -0.05) is 11.8 Å². The van der Waals surface area contributed by atoms with Crippen molar-refractivity contribution in [1.29, 1.82) is 0 Å². The number of hydrogen-bond acceptors (Lipinski definition) is 6. The van der Waals surface area contributed by atoms with Crippen LogP contribution in [0.15, 0.2) is 23.4 Å². The zero-order valence-corrected chi connectivity index (χ0v) is 11.2. The van der Waals surface area contributed by atoms with Gasteiger partial charge < -0.3 is 15.6 Å². The number of benzene rings is 1. The van der Waals surface area contributed by atoms with E-state index >= 15 is 0 Å². The summed E-state index contributed by atoms with van der Waals surface area (Å²) in [6, 6.07) is 4.11. The fraction of sp³-hybridized carbons (Fsp3) is 0.182. The van der Waals surface area contributed by atoms with E-state index in [1.807, 2.05) is 0 Å². The van der Waals surface area contributed by atoms with Crippen LogP contribution in [0.2, 0.25) is 0 Å². The number of aliphatic carboxylic acids is 1. The Balaban J connectivity index is 2.46. The van der Waals surface area contributed by atoms with E-state index in [-0.39, 0.29) is 22.5 Å². The number of anilines is 1. The van der Waals surface area contributed by atoms with Gasteiger partial charge in [0.2, 0.25) is 5.95 Å². The van der Waals surface area contributed by atoms with Crippen LogP contribution in [-0.4, -0.2) is 38.7 Å². The van der Waals surface area contributed by atoms with Gasteiger partial charge in [-0.05, 0) is 12.1 Å². The highest BCUT2D eigenvalue weighted by atomic mass is 32.2. The van der Waals surface area contributed by atoms with E-state index in [0.29, 0.717) is 5.75 Å². The molecule has 0 aliphatic heterocycles. The van der Waals surface area contributed by atoms with Crippen molar-refractivity contribution in [2.75, 3.05) is 18.6 Å². The Morgan fingerprint density at radius 1 is 1.55 bits per heavy atom. The van der Waals surface area contributed by atoms with Gasteiger partial charge in [-0.15, -0.1) is 10.2 Å². The summed E-state index contributed by atoms with van der Waals surface area (Å²) in [5, 5.41) is 16.2. The Hall–Kier alpha value is -2.29. The lowest BCUT2D eigenvalue weighted by atomic mass is 10.3. The molecular formula is C11H11FN4O3S. The number of hydrogen-bond donors (Lipinski definition) is 2.